The SMILES string of the molecule is CCCC(C)NC(=O)[C@H](N)Cc1ccc(O)cc1. The standard InChI is InChI=1S/C14H22N2O2/c1-3-4-10(2)16-14(18)13(15)9-11-5-7-12(17)8-6-11/h5-8,10,13,17H,3-4,9,15H2,1-2H3,(H,16,18)/t10?,13-/m1/s1. The molecule has 2 atom stereocenters. The highest BCUT2D eigenvalue weighted by atomic mass is 16.3. The van der Waals surface area contributed by atoms with Crippen molar-refractivity contribution in [3.63, 3.8) is 0 Å². The molecule has 0 aliphatic heterocycles. The molecule has 0 heterocycles. The highest BCUT2D eigenvalue weighted by Gasteiger charge is 2.15. The second kappa shape index (κ2) is 7.01. The molecular formula is C14H22N2O2. The summed E-state index contributed by atoms with van der Waals surface area (Å²) in [6.45, 7) is 4.06. The van der Waals surface area contributed by atoms with Gasteiger partial charge in [-0.3, -0.25) is 4.79 Å². The molecule has 1 unspecified atom stereocenters. The van der Waals surface area contributed by atoms with Crippen molar-refractivity contribution in [1.29, 1.82) is 0 Å². The molecule has 0 aliphatic rings. The number of carbonyl (C=O) groups is 1. The summed E-state index contributed by atoms with van der Waals surface area (Å²) in [5, 5.41) is 12.1. The zero-order valence-electron chi connectivity index (χ0n) is 11.0. The number of rotatable bonds is 6. The summed E-state index contributed by atoms with van der Waals surface area (Å²) < 4.78 is 0. The Kier molecular flexibility index (Phi) is 5.65. The molecule has 1 aromatic rings. The predicted octanol–water partition coefficient (Wildman–Crippen LogP) is 1.57. The van der Waals surface area contributed by atoms with E-state index in [1.165, 1.54) is 0 Å². The maximum Gasteiger partial charge on any atom is 0.237 e. The van der Waals surface area contributed by atoms with Gasteiger partial charge >= 0.3 is 0 Å². The van der Waals surface area contributed by atoms with Crippen LogP contribution >= 0.6 is 0 Å². The minimum absolute atomic E-state index is 0.121. The lowest BCUT2D eigenvalue weighted by molar-refractivity contribution is -0.123. The molecule has 100 valence electrons. The first kappa shape index (κ1) is 14.5. The average Bonchev–Trinajstić information content (AvgIpc) is 2.32. The molecule has 0 radical (unpaired) electrons. The van der Waals surface area contributed by atoms with Gasteiger partial charge in [-0.15, -0.1) is 0 Å². The van der Waals surface area contributed by atoms with Gasteiger partial charge in [0.1, 0.15) is 5.75 Å². The van der Waals surface area contributed by atoms with E-state index in [-0.39, 0.29) is 17.7 Å². The number of nitrogens with two attached hydrogens (primary N) is 1. The molecule has 0 bridgehead atoms. The third kappa shape index (κ3) is 4.75. The Bertz CT molecular complexity index is 376. The first-order chi connectivity index (χ1) is 8.52. The minimum atomic E-state index is -0.547. The van der Waals surface area contributed by atoms with Crippen molar-refractivity contribution in [2.24, 2.45) is 5.73 Å². The Morgan fingerprint density at radius 1 is 1.39 bits per heavy atom. The van der Waals surface area contributed by atoms with Crippen LogP contribution in [0.15, 0.2) is 24.3 Å². The lowest BCUT2D eigenvalue weighted by Gasteiger charge is -2.17. The number of amides is 1. The molecule has 0 saturated heterocycles. The summed E-state index contributed by atoms with van der Waals surface area (Å²) in [6.07, 6.45) is 2.47. The van der Waals surface area contributed by atoms with Crippen LogP contribution in [-0.4, -0.2) is 23.1 Å². The maximum absolute atomic E-state index is 11.8. The minimum Gasteiger partial charge on any atom is -0.508 e. The van der Waals surface area contributed by atoms with Gasteiger partial charge in [0, 0.05) is 6.04 Å². The number of phenols is 1. The molecule has 0 spiro atoms. The average molecular weight is 250 g/mol. The number of hydrogen-bond donors (Lipinski definition) is 3. The van der Waals surface area contributed by atoms with Gasteiger partial charge in [-0.05, 0) is 37.5 Å². The zero-order valence-corrected chi connectivity index (χ0v) is 11.0. The summed E-state index contributed by atoms with van der Waals surface area (Å²) in [4.78, 5) is 11.8. The fourth-order valence-electron chi connectivity index (χ4n) is 1.83. The van der Waals surface area contributed by atoms with Crippen LogP contribution < -0.4 is 11.1 Å². The molecule has 4 nitrogen and oxygen atoms in total. The first-order valence-corrected chi connectivity index (χ1v) is 6.36. The number of carbonyl (C=O) groups excluding carboxylic acids is 1. The van der Waals surface area contributed by atoms with Crippen molar-refractivity contribution >= 4 is 5.91 Å². The van der Waals surface area contributed by atoms with E-state index < -0.39 is 6.04 Å². The lowest BCUT2D eigenvalue weighted by atomic mass is 10.1. The van der Waals surface area contributed by atoms with Gasteiger partial charge in [-0.25, -0.2) is 0 Å². The Morgan fingerprint density at radius 2 is 2.00 bits per heavy atom. The van der Waals surface area contributed by atoms with Gasteiger partial charge in [0.15, 0.2) is 0 Å². The van der Waals surface area contributed by atoms with Crippen molar-refractivity contribution in [3.05, 3.63) is 29.8 Å². The summed E-state index contributed by atoms with van der Waals surface area (Å²) in [5.41, 5.74) is 6.80. The van der Waals surface area contributed by atoms with Crippen LogP contribution in [0.25, 0.3) is 0 Å². The second-order valence-corrected chi connectivity index (χ2v) is 4.68. The van der Waals surface area contributed by atoms with Crippen molar-refractivity contribution in [1.82, 2.24) is 5.32 Å². The van der Waals surface area contributed by atoms with Crippen LogP contribution in [-0.2, 0) is 11.2 Å². The van der Waals surface area contributed by atoms with Crippen molar-refractivity contribution in [3.8, 4) is 5.75 Å². The fraction of sp³-hybridized carbons (Fsp3) is 0.500. The van der Waals surface area contributed by atoms with Crippen molar-refractivity contribution in [2.45, 2.75) is 45.2 Å². The van der Waals surface area contributed by atoms with Gasteiger partial charge < -0.3 is 16.2 Å². The highest BCUT2D eigenvalue weighted by Crippen LogP contribution is 2.11. The molecule has 4 N–H and O–H groups in total. The third-order valence-electron chi connectivity index (χ3n) is 2.84. The molecular weight excluding hydrogens is 228 g/mol. The molecule has 0 aliphatic carbocycles. The molecule has 4 heteroatoms. The molecule has 0 fully saturated rings. The van der Waals surface area contributed by atoms with Crippen LogP contribution in [0.4, 0.5) is 0 Å². The van der Waals surface area contributed by atoms with Gasteiger partial charge in [0.05, 0.1) is 6.04 Å². The van der Waals surface area contributed by atoms with E-state index >= 15 is 0 Å². The number of benzene rings is 1. The van der Waals surface area contributed by atoms with Gasteiger partial charge in [0.25, 0.3) is 0 Å². The quantitative estimate of drug-likeness (QED) is 0.717. The highest BCUT2D eigenvalue weighted by molar-refractivity contribution is 5.82. The third-order valence-corrected chi connectivity index (χ3v) is 2.84. The van der Waals surface area contributed by atoms with Gasteiger partial charge in [0.2, 0.25) is 5.91 Å². The number of aromatic hydroxyl groups is 1. The number of nitrogens with one attached hydrogen (secondary N) is 1. The summed E-state index contributed by atoms with van der Waals surface area (Å²) >= 11 is 0. The van der Waals surface area contributed by atoms with E-state index in [4.69, 9.17) is 10.8 Å². The van der Waals surface area contributed by atoms with Crippen molar-refractivity contribution < 1.29 is 9.90 Å². The molecule has 1 aromatic carbocycles. The molecule has 0 saturated carbocycles. The van der Waals surface area contributed by atoms with E-state index in [9.17, 15) is 4.79 Å². The van der Waals surface area contributed by atoms with Crippen LogP contribution in [0.5, 0.6) is 5.75 Å². The Hall–Kier alpha value is -1.55. The maximum atomic E-state index is 11.8. The first-order valence-electron chi connectivity index (χ1n) is 6.36. The molecule has 0 aromatic heterocycles. The summed E-state index contributed by atoms with van der Waals surface area (Å²) in [5.74, 6) is 0.0948. The van der Waals surface area contributed by atoms with Gasteiger partial charge in [-0.1, -0.05) is 25.5 Å². The van der Waals surface area contributed by atoms with Crippen LogP contribution in [0.3, 0.4) is 0 Å². The summed E-state index contributed by atoms with van der Waals surface area (Å²) in [7, 11) is 0. The monoisotopic (exact) mass is 250 g/mol. The smallest absolute Gasteiger partial charge is 0.237 e. The van der Waals surface area contributed by atoms with Crippen LogP contribution in [0, 0.1) is 0 Å². The van der Waals surface area contributed by atoms with E-state index in [0.717, 1.165) is 18.4 Å². The molecule has 18 heavy (non-hydrogen) atoms. The molecule has 1 rings (SSSR count). The lowest BCUT2D eigenvalue weighted by Crippen LogP contribution is -2.45. The van der Waals surface area contributed by atoms with Crippen molar-refractivity contribution in [2.75, 3.05) is 0 Å². The predicted molar refractivity (Wildman–Crippen MR) is 72.3 cm³/mol. The Morgan fingerprint density at radius 3 is 2.56 bits per heavy atom. The normalized spacial score (nSPS) is 13.9. The fourth-order valence-corrected chi connectivity index (χ4v) is 1.83. The largest absolute Gasteiger partial charge is 0.508 e. The van der Waals surface area contributed by atoms with E-state index in [2.05, 4.69) is 12.2 Å². The number of hydrogen-bond acceptors (Lipinski definition) is 3. The Balaban J connectivity index is 2.46. The Labute approximate surface area is 108 Å². The molecule has 1 amide bonds. The van der Waals surface area contributed by atoms with E-state index in [1.807, 2.05) is 6.92 Å². The van der Waals surface area contributed by atoms with E-state index in [1.54, 1.807) is 24.3 Å². The number of phenolic OH excluding ortho intramolecular Hbond substituents is 1. The second-order valence-electron chi connectivity index (χ2n) is 4.68. The van der Waals surface area contributed by atoms with Gasteiger partial charge in [-0.2, -0.15) is 0 Å². The van der Waals surface area contributed by atoms with E-state index in [0.29, 0.717) is 6.42 Å². The van der Waals surface area contributed by atoms with Crippen LogP contribution in [0.2, 0.25) is 0 Å². The summed E-state index contributed by atoms with van der Waals surface area (Å²) in [6, 6.07) is 6.36. The zero-order chi connectivity index (χ0) is 13.5. The van der Waals surface area contributed by atoms with Crippen LogP contribution in [0.1, 0.15) is 32.3 Å². The topological polar surface area (TPSA) is 75.4 Å².